The number of halogens is 1. The predicted octanol–water partition coefficient (Wildman–Crippen LogP) is 2.31. The normalized spacial score (nSPS) is 19.1. The van der Waals surface area contributed by atoms with E-state index in [1.165, 1.54) is 16.4 Å². The van der Waals surface area contributed by atoms with Gasteiger partial charge in [0.1, 0.15) is 5.82 Å². The van der Waals surface area contributed by atoms with Gasteiger partial charge in [-0.3, -0.25) is 4.79 Å². The van der Waals surface area contributed by atoms with Gasteiger partial charge in [-0.15, -0.1) is 12.3 Å². The molecule has 3 rings (SSSR count). The second-order valence-electron chi connectivity index (χ2n) is 7.06. The van der Waals surface area contributed by atoms with Gasteiger partial charge in [0.15, 0.2) is 5.66 Å². The summed E-state index contributed by atoms with van der Waals surface area (Å²) >= 11 is 0. The van der Waals surface area contributed by atoms with E-state index in [2.05, 4.69) is 21.5 Å². The number of hydrogen-bond donors (Lipinski definition) is 1. The summed E-state index contributed by atoms with van der Waals surface area (Å²) in [7, 11) is -3.67. The summed E-state index contributed by atoms with van der Waals surface area (Å²) in [6.45, 7) is 0.980. The molecule has 150 valence electrons. The van der Waals surface area contributed by atoms with E-state index in [-0.39, 0.29) is 29.8 Å². The Morgan fingerprint density at radius 2 is 1.89 bits per heavy atom. The number of sulfonamides is 1. The summed E-state index contributed by atoms with van der Waals surface area (Å²) in [6.07, 6.45) is 8.07. The lowest BCUT2D eigenvalue weighted by molar-refractivity contribution is -0.126. The molecule has 7 nitrogen and oxygen atoms in total. The molecule has 0 unspecified atom stereocenters. The van der Waals surface area contributed by atoms with Crippen molar-refractivity contribution >= 4 is 15.9 Å². The van der Waals surface area contributed by atoms with Gasteiger partial charge in [-0.2, -0.15) is 14.5 Å². The lowest BCUT2D eigenvalue weighted by atomic mass is 9.97. The Morgan fingerprint density at radius 3 is 2.46 bits per heavy atom. The molecule has 0 aromatic heterocycles. The zero-order valence-electron chi connectivity index (χ0n) is 15.5. The number of hydrogen-bond acceptors (Lipinski definition) is 5. The van der Waals surface area contributed by atoms with Gasteiger partial charge in [-0.1, -0.05) is 0 Å². The number of amides is 1. The van der Waals surface area contributed by atoms with Crippen LogP contribution in [0.3, 0.4) is 0 Å². The number of piperidine rings is 1. The van der Waals surface area contributed by atoms with E-state index in [4.69, 9.17) is 6.42 Å². The molecule has 2 aliphatic rings. The second-order valence-corrected chi connectivity index (χ2v) is 9.00. The molecular formula is C19H23FN4O3S. The fourth-order valence-corrected chi connectivity index (χ4v) is 4.78. The van der Waals surface area contributed by atoms with Gasteiger partial charge in [-0.05, 0) is 37.1 Å². The molecule has 0 atom stereocenters. The quantitative estimate of drug-likeness (QED) is 0.672. The molecule has 1 amide bonds. The van der Waals surface area contributed by atoms with Crippen LogP contribution in [0.1, 0.15) is 32.1 Å². The molecule has 9 heteroatoms. The Morgan fingerprint density at radius 1 is 1.25 bits per heavy atom. The fourth-order valence-electron chi connectivity index (χ4n) is 3.31. The van der Waals surface area contributed by atoms with Crippen LogP contribution < -0.4 is 5.32 Å². The Kier molecular flexibility index (Phi) is 6.10. The van der Waals surface area contributed by atoms with Crippen LogP contribution in [-0.4, -0.2) is 43.9 Å². The number of terminal acetylenes is 1. The summed E-state index contributed by atoms with van der Waals surface area (Å²) < 4.78 is 39.6. The third-order valence-electron chi connectivity index (χ3n) is 5.15. The minimum absolute atomic E-state index is 0.0611. The lowest BCUT2D eigenvalue weighted by Crippen LogP contribution is -2.43. The second kappa shape index (κ2) is 8.37. The first-order valence-electron chi connectivity index (χ1n) is 9.27. The van der Waals surface area contributed by atoms with Crippen molar-refractivity contribution in [3.05, 3.63) is 30.1 Å². The number of carbonyl (C=O) groups excluding carboxylic acids is 1. The smallest absolute Gasteiger partial charge is 0.243 e. The molecule has 0 bridgehead atoms. The molecule has 1 saturated heterocycles. The summed E-state index contributed by atoms with van der Waals surface area (Å²) in [5, 5.41) is 11.0. The van der Waals surface area contributed by atoms with Crippen molar-refractivity contribution < 1.29 is 17.6 Å². The predicted molar refractivity (Wildman–Crippen MR) is 101 cm³/mol. The van der Waals surface area contributed by atoms with Gasteiger partial charge >= 0.3 is 0 Å². The van der Waals surface area contributed by atoms with E-state index < -0.39 is 21.5 Å². The summed E-state index contributed by atoms with van der Waals surface area (Å²) in [6, 6.07) is 4.77. The fraction of sp³-hybridized carbons (Fsp3) is 0.526. The van der Waals surface area contributed by atoms with Crippen LogP contribution >= 0.6 is 0 Å². The first kappa shape index (κ1) is 20.4. The van der Waals surface area contributed by atoms with Crippen molar-refractivity contribution in [1.29, 1.82) is 0 Å². The molecule has 1 fully saturated rings. The molecule has 2 aliphatic heterocycles. The van der Waals surface area contributed by atoms with Gasteiger partial charge < -0.3 is 5.32 Å². The molecule has 1 aromatic carbocycles. The van der Waals surface area contributed by atoms with E-state index >= 15 is 0 Å². The minimum atomic E-state index is -3.67. The monoisotopic (exact) mass is 406 g/mol. The van der Waals surface area contributed by atoms with Crippen LogP contribution in [0, 0.1) is 24.1 Å². The van der Waals surface area contributed by atoms with Crippen molar-refractivity contribution in [2.24, 2.45) is 16.1 Å². The first-order chi connectivity index (χ1) is 13.4. The van der Waals surface area contributed by atoms with Crippen molar-refractivity contribution in [1.82, 2.24) is 9.62 Å². The topological polar surface area (TPSA) is 91.2 Å². The number of carbonyl (C=O) groups is 1. The zero-order valence-corrected chi connectivity index (χ0v) is 16.3. The lowest BCUT2D eigenvalue weighted by Gasteiger charge is -2.30. The highest BCUT2D eigenvalue weighted by Gasteiger charge is 2.39. The third-order valence-corrected chi connectivity index (χ3v) is 7.07. The first-order valence-corrected chi connectivity index (χ1v) is 10.7. The van der Waals surface area contributed by atoms with Gasteiger partial charge in [0, 0.05) is 44.8 Å². The number of nitrogens with zero attached hydrogens (tertiary/aromatic N) is 3. The van der Waals surface area contributed by atoms with Crippen LogP contribution in [0.25, 0.3) is 0 Å². The molecule has 2 heterocycles. The molecule has 28 heavy (non-hydrogen) atoms. The third kappa shape index (κ3) is 4.75. The van der Waals surface area contributed by atoms with Gasteiger partial charge in [-0.25, -0.2) is 12.8 Å². The van der Waals surface area contributed by atoms with E-state index in [0.717, 1.165) is 12.1 Å². The van der Waals surface area contributed by atoms with E-state index in [1.807, 2.05) is 0 Å². The highest BCUT2D eigenvalue weighted by Crippen LogP contribution is 2.36. The van der Waals surface area contributed by atoms with Crippen LogP contribution in [0.2, 0.25) is 0 Å². The maximum atomic E-state index is 13.0. The Hall–Kier alpha value is -2.31. The average Bonchev–Trinajstić information content (AvgIpc) is 3.47. The molecule has 1 aromatic rings. The van der Waals surface area contributed by atoms with Gasteiger partial charge in [0.05, 0.1) is 4.90 Å². The minimum Gasteiger partial charge on any atom is -0.356 e. The number of nitrogens with one attached hydrogen (secondary N) is 1. The molecule has 0 saturated carbocycles. The summed E-state index contributed by atoms with van der Waals surface area (Å²) in [4.78, 5) is 12.4. The summed E-state index contributed by atoms with van der Waals surface area (Å²) in [5.74, 6) is 1.78. The van der Waals surface area contributed by atoms with Crippen LogP contribution in [0.5, 0.6) is 0 Å². The molecule has 0 aliphatic carbocycles. The standard InChI is InChI=1S/C19H23FN4O3S/c1-2-3-10-19(22-23-19)11-12-21-18(25)15-8-13-24(14-9-15)28(26,27)17-6-4-16(20)5-7-17/h1,4-7,15H,3,8-14H2,(H,21,25). The average molecular weight is 406 g/mol. The molecule has 0 radical (unpaired) electrons. The van der Waals surface area contributed by atoms with Gasteiger partial charge in [0.2, 0.25) is 15.9 Å². The van der Waals surface area contributed by atoms with Crippen molar-refractivity contribution in [3.8, 4) is 12.3 Å². The number of benzene rings is 1. The van der Waals surface area contributed by atoms with Gasteiger partial charge in [0.25, 0.3) is 0 Å². The van der Waals surface area contributed by atoms with E-state index in [0.29, 0.717) is 38.6 Å². The Labute approximate surface area is 164 Å². The van der Waals surface area contributed by atoms with Crippen LogP contribution in [0.4, 0.5) is 4.39 Å². The van der Waals surface area contributed by atoms with Crippen LogP contribution in [-0.2, 0) is 14.8 Å². The van der Waals surface area contributed by atoms with Crippen LogP contribution in [0.15, 0.2) is 39.4 Å². The largest absolute Gasteiger partial charge is 0.356 e. The molecular weight excluding hydrogens is 383 g/mol. The number of rotatable bonds is 8. The van der Waals surface area contributed by atoms with E-state index in [1.54, 1.807) is 0 Å². The molecule has 0 spiro atoms. The highest BCUT2D eigenvalue weighted by atomic mass is 32.2. The maximum Gasteiger partial charge on any atom is 0.243 e. The van der Waals surface area contributed by atoms with E-state index in [9.17, 15) is 17.6 Å². The highest BCUT2D eigenvalue weighted by molar-refractivity contribution is 7.89. The maximum absolute atomic E-state index is 13.0. The zero-order chi connectivity index (χ0) is 20.2. The van der Waals surface area contributed by atoms with Crippen molar-refractivity contribution in [2.75, 3.05) is 19.6 Å². The van der Waals surface area contributed by atoms with Crippen molar-refractivity contribution in [2.45, 2.75) is 42.7 Å². The summed E-state index contributed by atoms with van der Waals surface area (Å²) in [5.41, 5.74) is -0.424. The molecule has 1 N–H and O–H groups in total. The SMILES string of the molecule is C#CCCC1(CCNC(=O)C2CCN(S(=O)(=O)c3ccc(F)cc3)CC2)N=N1. The Bertz CT molecular complexity index is 879. The van der Waals surface area contributed by atoms with Crippen molar-refractivity contribution in [3.63, 3.8) is 0 Å². The Balaban J connectivity index is 1.45.